The molecule has 4 atom stereocenters. The number of benzene rings is 2. The first-order valence-electron chi connectivity index (χ1n) is 14.2. The summed E-state index contributed by atoms with van der Waals surface area (Å²) < 4.78 is 11.6. The number of halogens is 2. The third-order valence-corrected chi connectivity index (χ3v) is 7.68. The average Bonchev–Trinajstić information content (AvgIpc) is 3.61. The smallest absolute Gasteiger partial charge is 0.222 e. The van der Waals surface area contributed by atoms with Gasteiger partial charge in [0.05, 0.1) is 30.6 Å². The molecule has 0 saturated heterocycles. The number of aliphatic hydroxyl groups excluding tert-OH is 2. The molecule has 0 radical (unpaired) electrons. The molecule has 14 heteroatoms. The molecule has 2 fully saturated rings. The van der Waals surface area contributed by atoms with E-state index in [1.54, 1.807) is 48.5 Å². The highest BCUT2D eigenvalue weighted by Gasteiger charge is 2.27. The minimum Gasteiger partial charge on any atom is -0.452 e. The van der Waals surface area contributed by atoms with E-state index >= 15 is 0 Å². The number of hydrogen-bond acceptors (Lipinski definition) is 12. The summed E-state index contributed by atoms with van der Waals surface area (Å²) in [5, 5.41) is 27.3. The first kappa shape index (κ1) is 31.3. The fourth-order valence-corrected chi connectivity index (χ4v) is 5.20. The molecule has 0 bridgehead atoms. The van der Waals surface area contributed by atoms with Crippen molar-refractivity contribution in [1.82, 2.24) is 19.9 Å². The molecule has 0 amide bonds. The van der Waals surface area contributed by atoms with Gasteiger partial charge in [0.25, 0.3) is 0 Å². The lowest BCUT2D eigenvalue weighted by Crippen LogP contribution is -2.28. The van der Waals surface area contributed by atoms with Gasteiger partial charge in [-0.1, -0.05) is 23.2 Å². The van der Waals surface area contributed by atoms with E-state index in [4.69, 9.17) is 44.1 Å². The van der Waals surface area contributed by atoms with Crippen LogP contribution in [0.1, 0.15) is 38.5 Å². The van der Waals surface area contributed by atoms with Crippen LogP contribution in [0, 0.1) is 0 Å². The second kappa shape index (κ2) is 14.6. The van der Waals surface area contributed by atoms with E-state index in [-0.39, 0.29) is 36.2 Å². The maximum Gasteiger partial charge on any atom is 0.222 e. The Morgan fingerprint density at radius 2 is 1.23 bits per heavy atom. The van der Waals surface area contributed by atoms with Crippen molar-refractivity contribution in [3.63, 3.8) is 0 Å². The largest absolute Gasteiger partial charge is 0.452 e. The molecular weight excluding hydrogens is 607 g/mol. The van der Waals surface area contributed by atoms with Crippen molar-refractivity contribution in [3.8, 4) is 23.0 Å². The van der Waals surface area contributed by atoms with Crippen molar-refractivity contribution < 1.29 is 19.7 Å². The summed E-state index contributed by atoms with van der Waals surface area (Å²) in [6.07, 6.45) is 7.38. The van der Waals surface area contributed by atoms with Crippen LogP contribution in [-0.4, -0.2) is 54.4 Å². The van der Waals surface area contributed by atoms with Gasteiger partial charge in [-0.3, -0.25) is 0 Å². The monoisotopic (exact) mass is 640 g/mol. The molecule has 2 aromatic heterocycles. The molecule has 0 aliphatic heterocycles. The maximum absolute atomic E-state index is 9.94. The summed E-state index contributed by atoms with van der Waals surface area (Å²) >= 11 is 11.7. The molecule has 4 aromatic rings. The molecule has 6 rings (SSSR count). The maximum atomic E-state index is 9.94. The Morgan fingerprint density at radius 3 is 1.68 bits per heavy atom. The van der Waals surface area contributed by atoms with Crippen LogP contribution in [0.4, 0.5) is 23.5 Å². The number of aliphatic hydroxyl groups is 2. The fraction of sp³-hybridized carbons (Fsp3) is 0.333. The van der Waals surface area contributed by atoms with E-state index in [9.17, 15) is 10.2 Å². The molecule has 8 N–H and O–H groups in total. The zero-order valence-corrected chi connectivity index (χ0v) is 25.2. The van der Waals surface area contributed by atoms with Gasteiger partial charge in [0.2, 0.25) is 11.9 Å². The second-order valence-corrected chi connectivity index (χ2v) is 11.4. The van der Waals surface area contributed by atoms with E-state index < -0.39 is 0 Å². The Labute approximate surface area is 264 Å². The number of nitrogens with one attached hydrogen (secondary N) is 2. The van der Waals surface area contributed by atoms with E-state index in [1.807, 2.05) is 0 Å². The van der Waals surface area contributed by atoms with Crippen molar-refractivity contribution in [2.75, 3.05) is 22.1 Å². The Balaban J connectivity index is 0.000000175. The van der Waals surface area contributed by atoms with Gasteiger partial charge in [0.1, 0.15) is 11.5 Å². The molecule has 2 aliphatic carbocycles. The third kappa shape index (κ3) is 8.73. The van der Waals surface area contributed by atoms with Gasteiger partial charge in [0.15, 0.2) is 23.1 Å². The van der Waals surface area contributed by atoms with Gasteiger partial charge in [0, 0.05) is 16.1 Å². The Kier molecular flexibility index (Phi) is 10.4. The van der Waals surface area contributed by atoms with Crippen LogP contribution in [0.25, 0.3) is 0 Å². The van der Waals surface area contributed by atoms with Crippen molar-refractivity contribution in [2.45, 2.75) is 62.8 Å². The van der Waals surface area contributed by atoms with Crippen LogP contribution in [0.5, 0.6) is 23.0 Å². The molecule has 2 aromatic carbocycles. The first-order valence-corrected chi connectivity index (χ1v) is 15.0. The number of anilines is 4. The Bertz CT molecular complexity index is 1530. The Morgan fingerprint density at radius 1 is 0.705 bits per heavy atom. The van der Waals surface area contributed by atoms with Crippen molar-refractivity contribution in [1.29, 1.82) is 0 Å². The highest BCUT2D eigenvalue weighted by Crippen LogP contribution is 2.33. The molecule has 232 valence electrons. The zero-order valence-electron chi connectivity index (χ0n) is 23.7. The first-order chi connectivity index (χ1) is 21.2. The highest BCUT2D eigenvalue weighted by molar-refractivity contribution is 6.30. The van der Waals surface area contributed by atoms with E-state index in [0.717, 1.165) is 32.1 Å². The lowest BCUT2D eigenvalue weighted by Gasteiger charge is -2.19. The van der Waals surface area contributed by atoms with Gasteiger partial charge in [-0.05, 0) is 87.1 Å². The Hall–Kier alpha value is -4.10. The van der Waals surface area contributed by atoms with Crippen LogP contribution >= 0.6 is 23.2 Å². The lowest BCUT2D eigenvalue weighted by atomic mass is 10.2. The predicted molar refractivity (Wildman–Crippen MR) is 170 cm³/mol. The zero-order chi connectivity index (χ0) is 31.1. The number of nitrogens with zero attached hydrogens (tertiary/aromatic N) is 4. The number of nitrogen functional groups attached to an aromatic ring is 2. The molecular formula is C30H34Cl2N8O4. The summed E-state index contributed by atoms with van der Waals surface area (Å²) in [4.78, 5) is 16.3. The third-order valence-electron chi connectivity index (χ3n) is 7.18. The molecule has 44 heavy (non-hydrogen) atoms. The molecule has 2 saturated carbocycles. The number of ether oxygens (including phenoxy) is 2. The van der Waals surface area contributed by atoms with Gasteiger partial charge < -0.3 is 41.8 Å². The van der Waals surface area contributed by atoms with Crippen LogP contribution in [0.2, 0.25) is 10.0 Å². The average molecular weight is 642 g/mol. The molecule has 12 nitrogen and oxygen atoms in total. The van der Waals surface area contributed by atoms with Crippen molar-refractivity contribution >= 4 is 46.7 Å². The number of aromatic nitrogens is 4. The van der Waals surface area contributed by atoms with Crippen LogP contribution in [0.3, 0.4) is 0 Å². The van der Waals surface area contributed by atoms with Crippen molar-refractivity contribution in [2.24, 2.45) is 0 Å². The van der Waals surface area contributed by atoms with Gasteiger partial charge in [-0.2, -0.15) is 9.97 Å². The van der Waals surface area contributed by atoms with E-state index in [2.05, 4.69) is 30.6 Å². The molecule has 0 unspecified atom stereocenters. The van der Waals surface area contributed by atoms with Gasteiger partial charge >= 0.3 is 0 Å². The SMILES string of the molecule is Nc1ncc(Oc2ccc(Cl)cc2)c(N[C@@H]2CCC[C@@H]2O)n1.Nc1ncc(Oc2ccc(Cl)cc2)c(N[C@H]2CC[C@@H](O)C2)n1. The summed E-state index contributed by atoms with van der Waals surface area (Å²) in [5.41, 5.74) is 11.3. The number of nitrogens with two attached hydrogens (primary N) is 2. The van der Waals surface area contributed by atoms with E-state index in [1.165, 1.54) is 12.4 Å². The molecule has 2 heterocycles. The van der Waals surface area contributed by atoms with Crippen LogP contribution < -0.4 is 31.6 Å². The minimum atomic E-state index is -0.389. The minimum absolute atomic E-state index is 0.0538. The van der Waals surface area contributed by atoms with Gasteiger partial charge in [-0.15, -0.1) is 0 Å². The van der Waals surface area contributed by atoms with Crippen LogP contribution in [0.15, 0.2) is 60.9 Å². The number of rotatable bonds is 8. The molecule has 2 aliphatic rings. The lowest BCUT2D eigenvalue weighted by molar-refractivity contribution is 0.171. The van der Waals surface area contributed by atoms with Crippen LogP contribution in [-0.2, 0) is 0 Å². The van der Waals surface area contributed by atoms with E-state index in [0.29, 0.717) is 51.1 Å². The summed E-state index contributed by atoms with van der Waals surface area (Å²) in [6, 6.07) is 14.1. The van der Waals surface area contributed by atoms with Gasteiger partial charge in [-0.25, -0.2) is 9.97 Å². The standard InChI is InChI=1S/2C15H17ClN4O2/c16-9-1-5-12(6-2-9)22-13-8-18-15(17)20-14(13)19-10-3-4-11(21)7-10;16-9-4-6-10(7-5-9)22-13-8-18-15(17)20-14(13)19-11-2-1-3-12(11)21/h1-2,5-6,8,10-11,21H,3-4,7H2,(H3,17,18,19,20);4-8,11-12,21H,1-3H2,(H3,17,18,19,20)/t10-,11+;11-,12+/m01/s1. The predicted octanol–water partition coefficient (Wildman–Crippen LogP) is 5.66. The quantitative estimate of drug-likeness (QED) is 0.139. The second-order valence-electron chi connectivity index (χ2n) is 10.6. The van der Waals surface area contributed by atoms with Crippen molar-refractivity contribution in [3.05, 3.63) is 71.0 Å². The fourth-order valence-electron chi connectivity index (χ4n) is 4.95. The number of hydrogen-bond donors (Lipinski definition) is 6. The summed E-state index contributed by atoms with van der Waals surface area (Å²) in [7, 11) is 0. The normalized spacial score (nSPS) is 20.8. The summed E-state index contributed by atoms with van der Waals surface area (Å²) in [6.45, 7) is 0. The highest BCUT2D eigenvalue weighted by atomic mass is 35.5. The topological polar surface area (TPSA) is 187 Å². The summed E-state index contributed by atoms with van der Waals surface area (Å²) in [5.74, 6) is 3.52. The molecule has 0 spiro atoms.